The Hall–Kier alpha value is -1.59. The van der Waals surface area contributed by atoms with Gasteiger partial charge >= 0.3 is 21.1 Å². The van der Waals surface area contributed by atoms with E-state index in [1.807, 2.05) is 24.3 Å². The summed E-state index contributed by atoms with van der Waals surface area (Å²) >= 11 is 10.4. The topological polar surface area (TPSA) is 71.9 Å². The number of unbranched alkanes of at least 4 members (excludes halogenated alkanes) is 1. The van der Waals surface area contributed by atoms with Crippen LogP contribution in [0.3, 0.4) is 0 Å². The molecule has 0 aliphatic rings. The molecule has 0 unspecified atom stereocenters. The predicted octanol–water partition coefficient (Wildman–Crippen LogP) is 4.39. The predicted molar refractivity (Wildman–Crippen MR) is 112 cm³/mol. The van der Waals surface area contributed by atoms with Crippen LogP contribution in [0, 0.1) is 0 Å². The molecule has 0 spiro atoms. The first kappa shape index (κ1) is 22.7. The number of carbonyl (C=O) groups excluding carboxylic acids is 1. The quantitative estimate of drug-likeness (QED) is 0.208. The van der Waals surface area contributed by atoms with E-state index in [0.717, 1.165) is 22.8 Å². The largest absolute Gasteiger partial charge is 2.00 e. The zero-order valence-electron chi connectivity index (χ0n) is 15.2. The standard InChI is InChI=1S/C16H10ClN3O.C4H10NS.W/c17-9-6-12-13(8-20-16(12)19-7-9)15(21)11-2-1-3-14-10(11)4-5-18-14;1-2-3-4-5-6;/h1-8H,(H2,18,19,20,21);5H,2-4H2,1H3;/q;-1;+2/p-1. The molecular formula is C20H19ClN4OSW. The van der Waals surface area contributed by atoms with Crippen LogP contribution in [0.5, 0.6) is 0 Å². The fourth-order valence-electron chi connectivity index (χ4n) is 2.79. The molecule has 0 amide bonds. The van der Waals surface area contributed by atoms with Crippen LogP contribution in [-0.4, -0.2) is 22.3 Å². The van der Waals surface area contributed by atoms with Crippen LogP contribution in [0.4, 0.5) is 0 Å². The van der Waals surface area contributed by atoms with E-state index in [2.05, 4.69) is 39.4 Å². The summed E-state index contributed by atoms with van der Waals surface area (Å²) in [6, 6.07) is 9.13. The number of fused-ring (bicyclic) bond motifs is 2. The van der Waals surface area contributed by atoms with E-state index in [-0.39, 0.29) is 26.8 Å². The normalized spacial score (nSPS) is 10.4. The molecule has 0 bridgehead atoms. The smallest absolute Gasteiger partial charge is 0.705 e. The van der Waals surface area contributed by atoms with Gasteiger partial charge in [-0.15, -0.1) is 5.52 Å². The third kappa shape index (κ3) is 5.06. The van der Waals surface area contributed by atoms with Crippen molar-refractivity contribution < 1.29 is 25.9 Å². The number of benzene rings is 1. The van der Waals surface area contributed by atoms with E-state index in [9.17, 15) is 4.79 Å². The van der Waals surface area contributed by atoms with Crippen molar-refractivity contribution in [1.82, 2.24) is 19.7 Å². The maximum absolute atomic E-state index is 12.8. The van der Waals surface area contributed by atoms with Gasteiger partial charge in [-0.2, -0.15) is 6.20 Å². The summed E-state index contributed by atoms with van der Waals surface area (Å²) in [6.45, 7) is 3.12. The number of carbonyl (C=O) groups is 1. The van der Waals surface area contributed by atoms with Crippen LogP contribution in [0.2, 0.25) is 5.02 Å². The number of ketones is 1. The van der Waals surface area contributed by atoms with Crippen molar-refractivity contribution in [2.24, 2.45) is 0 Å². The maximum Gasteiger partial charge on any atom is 2.00 e. The SMILES string of the molecule is CCCCN[S-].O=C(c1cccc2[n-]ccc12)c1c[nH]c2ncc(Cl)cc12.[W+2]. The first-order chi connectivity index (χ1) is 13.2. The molecule has 4 rings (SSSR count). The van der Waals surface area contributed by atoms with Gasteiger partial charge in [-0.25, -0.2) is 4.98 Å². The molecule has 3 heterocycles. The summed E-state index contributed by atoms with van der Waals surface area (Å²) in [6.07, 6.45) is 7.35. The second-order valence-corrected chi connectivity index (χ2v) is 6.74. The number of pyridine rings is 1. The Labute approximate surface area is 188 Å². The monoisotopic (exact) mass is 582 g/mol. The van der Waals surface area contributed by atoms with Crippen LogP contribution in [0.1, 0.15) is 35.7 Å². The second-order valence-electron chi connectivity index (χ2n) is 6.01. The summed E-state index contributed by atoms with van der Waals surface area (Å²) < 4.78 is 2.65. The zero-order chi connectivity index (χ0) is 19.2. The molecule has 0 aliphatic carbocycles. The molecule has 0 fully saturated rings. The number of rotatable bonds is 5. The van der Waals surface area contributed by atoms with Crippen molar-refractivity contribution in [3.63, 3.8) is 0 Å². The van der Waals surface area contributed by atoms with E-state index in [0.29, 0.717) is 21.8 Å². The third-order valence-electron chi connectivity index (χ3n) is 4.16. The summed E-state index contributed by atoms with van der Waals surface area (Å²) in [5, 5.41) is 2.08. The molecule has 28 heavy (non-hydrogen) atoms. The second kappa shape index (κ2) is 10.8. The Morgan fingerprint density at radius 2 is 2.11 bits per heavy atom. The summed E-state index contributed by atoms with van der Waals surface area (Å²) in [7, 11) is 0. The zero-order valence-corrected chi connectivity index (χ0v) is 19.7. The molecule has 5 nitrogen and oxygen atoms in total. The summed E-state index contributed by atoms with van der Waals surface area (Å²) in [5.74, 6) is -0.0658. The van der Waals surface area contributed by atoms with E-state index < -0.39 is 0 Å². The number of nitrogens with one attached hydrogen (secondary N) is 2. The Bertz CT molecular complexity index is 1060. The molecule has 0 saturated carbocycles. The van der Waals surface area contributed by atoms with E-state index in [1.165, 1.54) is 12.8 Å². The average molecular weight is 583 g/mol. The number of aromatic amines is 1. The van der Waals surface area contributed by atoms with Crippen LogP contribution >= 0.6 is 11.6 Å². The van der Waals surface area contributed by atoms with Crippen molar-refractivity contribution in [2.75, 3.05) is 6.54 Å². The van der Waals surface area contributed by atoms with Gasteiger partial charge in [-0.1, -0.05) is 49.2 Å². The molecule has 1 aromatic carbocycles. The van der Waals surface area contributed by atoms with Crippen LogP contribution in [0.15, 0.2) is 48.9 Å². The molecule has 144 valence electrons. The Balaban J connectivity index is 0.000000353. The van der Waals surface area contributed by atoms with Crippen molar-refractivity contribution >= 4 is 52.1 Å². The molecule has 0 saturated heterocycles. The van der Waals surface area contributed by atoms with Gasteiger partial charge in [0.15, 0.2) is 5.78 Å². The average Bonchev–Trinajstić information content (AvgIpc) is 3.32. The van der Waals surface area contributed by atoms with Gasteiger partial charge in [0.25, 0.3) is 0 Å². The molecule has 0 aliphatic heterocycles. The number of halogens is 1. The number of hydrogen-bond acceptors (Lipinski definition) is 4. The van der Waals surface area contributed by atoms with Gasteiger partial charge in [0.2, 0.25) is 0 Å². The first-order valence-corrected chi connectivity index (χ1v) is 9.47. The van der Waals surface area contributed by atoms with Gasteiger partial charge in [0, 0.05) is 28.9 Å². The van der Waals surface area contributed by atoms with Crippen molar-refractivity contribution in [3.05, 3.63) is 65.1 Å². The molecular weight excluding hydrogens is 564 g/mol. The Morgan fingerprint density at radius 1 is 1.29 bits per heavy atom. The van der Waals surface area contributed by atoms with Crippen molar-refractivity contribution in [2.45, 2.75) is 19.8 Å². The Morgan fingerprint density at radius 3 is 2.82 bits per heavy atom. The summed E-state index contributed by atoms with van der Waals surface area (Å²) in [5.41, 5.74) is 2.66. The minimum atomic E-state index is -0.0658. The molecule has 0 atom stereocenters. The third-order valence-corrected chi connectivity index (χ3v) is 4.57. The van der Waals surface area contributed by atoms with E-state index in [4.69, 9.17) is 11.6 Å². The van der Waals surface area contributed by atoms with Gasteiger partial charge < -0.3 is 27.5 Å². The number of H-pyrrole nitrogens is 1. The van der Waals surface area contributed by atoms with Crippen molar-refractivity contribution in [1.29, 1.82) is 0 Å². The van der Waals surface area contributed by atoms with Gasteiger partial charge in [-0.3, -0.25) is 4.79 Å². The molecule has 8 heteroatoms. The van der Waals surface area contributed by atoms with Crippen LogP contribution < -0.4 is 9.71 Å². The van der Waals surface area contributed by atoms with E-state index >= 15 is 0 Å². The molecule has 3 aromatic heterocycles. The number of hydrogen-bond donors (Lipinski definition) is 2. The van der Waals surface area contributed by atoms with Crippen molar-refractivity contribution in [3.8, 4) is 0 Å². The van der Waals surface area contributed by atoms with Crippen LogP contribution in [0.25, 0.3) is 21.9 Å². The minimum absolute atomic E-state index is 0. The Kier molecular flexibility index (Phi) is 8.77. The molecule has 0 radical (unpaired) electrons. The fourth-order valence-corrected chi connectivity index (χ4v) is 3.09. The maximum atomic E-state index is 12.8. The minimum Gasteiger partial charge on any atom is -0.705 e. The van der Waals surface area contributed by atoms with Gasteiger partial charge in [-0.05, 0) is 24.4 Å². The first-order valence-electron chi connectivity index (χ1n) is 8.68. The van der Waals surface area contributed by atoms with E-state index in [1.54, 1.807) is 24.7 Å². The molecule has 2 N–H and O–H groups in total. The van der Waals surface area contributed by atoms with Gasteiger partial charge in [0.05, 0.1) is 5.02 Å². The number of aromatic nitrogens is 3. The summed E-state index contributed by atoms with van der Waals surface area (Å²) in [4.78, 5) is 24.2. The molecule has 4 aromatic rings. The van der Waals surface area contributed by atoms with Crippen LogP contribution in [-0.2, 0) is 33.9 Å². The number of nitrogens with zero attached hydrogens (tertiary/aromatic N) is 2. The fraction of sp³-hybridized carbons (Fsp3) is 0.200. The van der Waals surface area contributed by atoms with Gasteiger partial charge in [0.1, 0.15) is 5.65 Å².